The standard InChI is InChI=1S/C15H17FN2O4/c1-8-5-9(3-4-11(8)16)13(15(21)22)17-14(20)10-6-12(19)18(2)7-10/h3-5,10,13H,6-7H2,1-2H3,(H,17,20)(H,21,22). The number of nitrogens with zero attached hydrogens (tertiary/aromatic N) is 1. The van der Waals surface area contributed by atoms with Gasteiger partial charge in [0, 0.05) is 20.0 Å². The zero-order valence-electron chi connectivity index (χ0n) is 12.3. The molecule has 0 saturated carbocycles. The first-order valence-electron chi connectivity index (χ1n) is 6.82. The van der Waals surface area contributed by atoms with Gasteiger partial charge in [-0.1, -0.05) is 12.1 Å². The molecule has 0 aliphatic carbocycles. The lowest BCUT2D eigenvalue weighted by atomic mass is 10.0. The number of aryl methyl sites for hydroxylation is 1. The van der Waals surface area contributed by atoms with Crippen LogP contribution in [-0.2, 0) is 14.4 Å². The van der Waals surface area contributed by atoms with E-state index < -0.39 is 29.7 Å². The second-order valence-corrected chi connectivity index (χ2v) is 5.46. The van der Waals surface area contributed by atoms with Crippen LogP contribution in [0.2, 0.25) is 0 Å². The molecule has 2 amide bonds. The number of rotatable bonds is 4. The Bertz CT molecular complexity index is 632. The van der Waals surface area contributed by atoms with Gasteiger partial charge in [0.25, 0.3) is 0 Å². The fourth-order valence-electron chi connectivity index (χ4n) is 2.43. The summed E-state index contributed by atoms with van der Waals surface area (Å²) in [7, 11) is 1.59. The number of carboxylic acids is 1. The van der Waals surface area contributed by atoms with E-state index in [9.17, 15) is 23.9 Å². The van der Waals surface area contributed by atoms with Gasteiger partial charge in [0.1, 0.15) is 5.82 Å². The molecule has 118 valence electrons. The van der Waals surface area contributed by atoms with E-state index >= 15 is 0 Å². The number of nitrogens with one attached hydrogen (secondary N) is 1. The zero-order valence-corrected chi connectivity index (χ0v) is 12.3. The summed E-state index contributed by atoms with van der Waals surface area (Å²) in [4.78, 5) is 36.4. The lowest BCUT2D eigenvalue weighted by molar-refractivity contribution is -0.142. The number of likely N-dealkylation sites (tertiary alicyclic amines) is 1. The number of halogens is 1. The number of benzene rings is 1. The van der Waals surface area contributed by atoms with E-state index in [4.69, 9.17) is 0 Å². The van der Waals surface area contributed by atoms with Gasteiger partial charge in [0.2, 0.25) is 11.8 Å². The third kappa shape index (κ3) is 3.24. The topological polar surface area (TPSA) is 86.7 Å². The Morgan fingerprint density at radius 3 is 2.64 bits per heavy atom. The number of carbonyl (C=O) groups excluding carboxylic acids is 2. The lowest BCUT2D eigenvalue weighted by Crippen LogP contribution is -2.38. The monoisotopic (exact) mass is 308 g/mol. The molecule has 0 spiro atoms. The van der Waals surface area contributed by atoms with Gasteiger partial charge in [0.15, 0.2) is 6.04 Å². The maximum Gasteiger partial charge on any atom is 0.330 e. The molecule has 22 heavy (non-hydrogen) atoms. The largest absolute Gasteiger partial charge is 0.479 e. The molecule has 1 aliphatic heterocycles. The number of hydrogen-bond acceptors (Lipinski definition) is 3. The fourth-order valence-corrected chi connectivity index (χ4v) is 2.43. The highest BCUT2D eigenvalue weighted by molar-refractivity contribution is 5.91. The predicted octanol–water partition coefficient (Wildman–Crippen LogP) is 0.854. The van der Waals surface area contributed by atoms with E-state index in [-0.39, 0.29) is 24.4 Å². The van der Waals surface area contributed by atoms with Gasteiger partial charge in [-0.05, 0) is 24.1 Å². The Morgan fingerprint density at radius 1 is 1.45 bits per heavy atom. The van der Waals surface area contributed by atoms with Crippen molar-refractivity contribution in [3.63, 3.8) is 0 Å². The molecule has 0 radical (unpaired) electrons. The third-order valence-electron chi connectivity index (χ3n) is 3.76. The summed E-state index contributed by atoms with van der Waals surface area (Å²) in [6.07, 6.45) is 0.0666. The molecule has 0 bridgehead atoms. The lowest BCUT2D eigenvalue weighted by Gasteiger charge is -2.18. The van der Waals surface area contributed by atoms with Crippen LogP contribution in [0, 0.1) is 18.7 Å². The predicted molar refractivity (Wildman–Crippen MR) is 75.4 cm³/mol. The molecule has 2 N–H and O–H groups in total. The van der Waals surface area contributed by atoms with Crippen molar-refractivity contribution in [1.82, 2.24) is 10.2 Å². The molecule has 2 rings (SSSR count). The summed E-state index contributed by atoms with van der Waals surface area (Å²) < 4.78 is 13.3. The van der Waals surface area contributed by atoms with Gasteiger partial charge in [-0.2, -0.15) is 0 Å². The molecule has 1 aromatic carbocycles. The minimum atomic E-state index is -1.27. The van der Waals surface area contributed by atoms with Crippen molar-refractivity contribution in [2.24, 2.45) is 5.92 Å². The highest BCUT2D eigenvalue weighted by Crippen LogP contribution is 2.20. The van der Waals surface area contributed by atoms with Crippen molar-refractivity contribution in [2.75, 3.05) is 13.6 Å². The van der Waals surface area contributed by atoms with Crippen molar-refractivity contribution in [1.29, 1.82) is 0 Å². The van der Waals surface area contributed by atoms with Crippen LogP contribution in [0.15, 0.2) is 18.2 Å². The van der Waals surface area contributed by atoms with E-state index in [0.29, 0.717) is 5.56 Å². The molecule has 1 saturated heterocycles. The van der Waals surface area contributed by atoms with Gasteiger partial charge in [-0.25, -0.2) is 9.18 Å². The van der Waals surface area contributed by atoms with Crippen LogP contribution in [0.3, 0.4) is 0 Å². The average molecular weight is 308 g/mol. The van der Waals surface area contributed by atoms with Crippen molar-refractivity contribution < 1.29 is 23.9 Å². The summed E-state index contributed by atoms with van der Waals surface area (Å²) in [6, 6.07) is 2.61. The van der Waals surface area contributed by atoms with Gasteiger partial charge < -0.3 is 15.3 Å². The number of carboxylic acid groups (broad SMARTS) is 1. The highest BCUT2D eigenvalue weighted by Gasteiger charge is 2.34. The molecule has 1 fully saturated rings. The molecular formula is C15H17FN2O4. The maximum atomic E-state index is 13.3. The fraction of sp³-hybridized carbons (Fsp3) is 0.400. The van der Waals surface area contributed by atoms with E-state index in [0.717, 1.165) is 0 Å². The first kappa shape index (κ1) is 15.9. The Morgan fingerprint density at radius 2 is 2.14 bits per heavy atom. The van der Waals surface area contributed by atoms with Gasteiger partial charge in [-0.15, -0.1) is 0 Å². The van der Waals surface area contributed by atoms with Gasteiger partial charge in [-0.3, -0.25) is 9.59 Å². The molecule has 2 unspecified atom stereocenters. The maximum absolute atomic E-state index is 13.3. The molecule has 6 nitrogen and oxygen atoms in total. The summed E-state index contributed by atoms with van der Waals surface area (Å²) >= 11 is 0. The first-order valence-corrected chi connectivity index (χ1v) is 6.82. The quantitative estimate of drug-likeness (QED) is 0.863. The Kier molecular flexibility index (Phi) is 4.44. The van der Waals surface area contributed by atoms with Crippen molar-refractivity contribution in [2.45, 2.75) is 19.4 Å². The van der Waals surface area contributed by atoms with Gasteiger partial charge in [0.05, 0.1) is 5.92 Å². The summed E-state index contributed by atoms with van der Waals surface area (Å²) in [5, 5.41) is 11.7. The first-order chi connectivity index (χ1) is 10.3. The molecule has 0 aromatic heterocycles. The number of aliphatic carboxylic acids is 1. The summed E-state index contributed by atoms with van der Waals surface area (Å²) in [6.45, 7) is 1.78. The minimum absolute atomic E-state index is 0.0666. The van der Waals surface area contributed by atoms with Crippen LogP contribution >= 0.6 is 0 Å². The SMILES string of the molecule is Cc1cc(C(NC(=O)C2CC(=O)N(C)C2)C(=O)O)ccc1F. The Balaban J connectivity index is 2.15. The average Bonchev–Trinajstić information content (AvgIpc) is 2.79. The number of hydrogen-bond donors (Lipinski definition) is 2. The molecular weight excluding hydrogens is 291 g/mol. The third-order valence-corrected chi connectivity index (χ3v) is 3.76. The van der Waals surface area contributed by atoms with Crippen LogP contribution < -0.4 is 5.32 Å². The number of carbonyl (C=O) groups is 3. The molecule has 1 aromatic rings. The summed E-state index contributed by atoms with van der Waals surface area (Å²) in [5.41, 5.74) is 0.589. The van der Waals surface area contributed by atoms with E-state index in [1.807, 2.05) is 0 Å². The van der Waals surface area contributed by atoms with Crippen molar-refractivity contribution >= 4 is 17.8 Å². The zero-order chi connectivity index (χ0) is 16.4. The normalized spacial score (nSPS) is 19.1. The smallest absolute Gasteiger partial charge is 0.330 e. The second kappa shape index (κ2) is 6.13. The van der Waals surface area contributed by atoms with Crippen LogP contribution in [0.1, 0.15) is 23.6 Å². The molecule has 1 heterocycles. The molecule has 2 atom stereocenters. The van der Waals surface area contributed by atoms with E-state index in [2.05, 4.69) is 5.32 Å². The van der Waals surface area contributed by atoms with Crippen molar-refractivity contribution in [3.05, 3.63) is 35.1 Å². The van der Waals surface area contributed by atoms with Crippen LogP contribution in [0.25, 0.3) is 0 Å². The molecule has 7 heteroatoms. The van der Waals surface area contributed by atoms with Crippen molar-refractivity contribution in [3.8, 4) is 0 Å². The van der Waals surface area contributed by atoms with E-state index in [1.165, 1.54) is 30.0 Å². The van der Waals surface area contributed by atoms with Crippen LogP contribution in [0.4, 0.5) is 4.39 Å². The number of amides is 2. The second-order valence-electron chi connectivity index (χ2n) is 5.46. The molecule has 1 aliphatic rings. The highest BCUT2D eigenvalue weighted by atomic mass is 19.1. The Labute approximate surface area is 126 Å². The summed E-state index contributed by atoms with van der Waals surface area (Å²) in [5.74, 6) is -2.89. The van der Waals surface area contributed by atoms with Crippen LogP contribution in [0.5, 0.6) is 0 Å². The van der Waals surface area contributed by atoms with E-state index in [1.54, 1.807) is 7.05 Å². The van der Waals surface area contributed by atoms with Gasteiger partial charge >= 0.3 is 5.97 Å². The Hall–Kier alpha value is -2.44. The minimum Gasteiger partial charge on any atom is -0.479 e. The van der Waals surface area contributed by atoms with Crippen LogP contribution in [-0.4, -0.2) is 41.4 Å².